The topological polar surface area (TPSA) is 74.2 Å². The van der Waals surface area contributed by atoms with E-state index in [0.29, 0.717) is 25.7 Å². The summed E-state index contributed by atoms with van der Waals surface area (Å²) in [7, 11) is 0.281. The predicted octanol–water partition coefficient (Wildman–Crippen LogP) is 1.31. The van der Waals surface area contributed by atoms with Gasteiger partial charge in [-0.1, -0.05) is 18.2 Å². The third-order valence-corrected chi connectivity index (χ3v) is 6.79. The van der Waals surface area contributed by atoms with Crippen molar-refractivity contribution in [2.75, 3.05) is 57.0 Å². The number of anilines is 1. The van der Waals surface area contributed by atoms with E-state index in [-0.39, 0.29) is 5.75 Å². The van der Waals surface area contributed by atoms with Gasteiger partial charge in [0.2, 0.25) is 10.0 Å². The van der Waals surface area contributed by atoms with Crippen LogP contribution < -0.4 is 9.62 Å². The zero-order valence-electron chi connectivity index (χ0n) is 16.2. The summed E-state index contributed by atoms with van der Waals surface area (Å²) in [5.74, 6) is 1.47. The number of likely N-dealkylation sites (N-methyl/N-ethyl adjacent to an activating group) is 1. The lowest BCUT2D eigenvalue weighted by molar-refractivity contribution is 0.115. The summed E-state index contributed by atoms with van der Waals surface area (Å²) in [6.45, 7) is 3.06. The van der Waals surface area contributed by atoms with Crippen molar-refractivity contribution < 1.29 is 13.2 Å². The highest BCUT2D eigenvalue weighted by Gasteiger charge is 2.28. The van der Waals surface area contributed by atoms with Crippen molar-refractivity contribution >= 4 is 21.7 Å². The number of para-hydroxylation sites is 1. The minimum Gasteiger partial charge on any atom is -0.379 e. The molecule has 0 saturated heterocycles. The Kier molecular flexibility index (Phi) is 6.59. The second kappa shape index (κ2) is 8.93. The Morgan fingerprint density at radius 2 is 2.15 bits per heavy atom. The average molecular weight is 395 g/mol. The molecule has 0 unspecified atom stereocenters. The van der Waals surface area contributed by atoms with Crippen LogP contribution in [0.4, 0.5) is 5.69 Å². The molecule has 0 aromatic heterocycles. The van der Waals surface area contributed by atoms with Crippen molar-refractivity contribution in [2.24, 2.45) is 10.9 Å². The quantitative estimate of drug-likeness (QED) is 0.388. The Labute approximate surface area is 162 Å². The molecule has 1 aliphatic carbocycles. The number of sulfonamides is 1. The largest absolute Gasteiger partial charge is 0.379 e. The van der Waals surface area contributed by atoms with Gasteiger partial charge in [-0.3, -0.25) is 9.30 Å². The molecule has 1 aromatic carbocycles. The molecule has 1 aliphatic heterocycles. The Hall–Kier alpha value is -1.80. The van der Waals surface area contributed by atoms with Crippen LogP contribution in [0.15, 0.2) is 29.3 Å². The molecule has 1 saturated carbocycles. The van der Waals surface area contributed by atoms with Crippen LogP contribution in [0.25, 0.3) is 0 Å². The maximum absolute atomic E-state index is 12.7. The van der Waals surface area contributed by atoms with Crippen LogP contribution in [0.2, 0.25) is 0 Å². The van der Waals surface area contributed by atoms with Crippen molar-refractivity contribution in [3.63, 3.8) is 0 Å². The minimum absolute atomic E-state index is 0.0341. The zero-order chi connectivity index (χ0) is 19.3. The fourth-order valence-corrected chi connectivity index (χ4v) is 4.65. The first-order chi connectivity index (χ1) is 13.0. The van der Waals surface area contributed by atoms with Gasteiger partial charge in [0.05, 0.1) is 18.0 Å². The zero-order valence-corrected chi connectivity index (χ0v) is 17.0. The molecule has 1 heterocycles. The summed E-state index contributed by atoms with van der Waals surface area (Å²) in [6.07, 6.45) is 3.35. The molecule has 2 aliphatic rings. The fraction of sp³-hybridized carbons (Fsp3) is 0.632. The van der Waals surface area contributed by atoms with Crippen LogP contribution >= 0.6 is 0 Å². The van der Waals surface area contributed by atoms with Crippen LogP contribution in [-0.2, 0) is 21.2 Å². The Balaban J connectivity index is 1.44. The van der Waals surface area contributed by atoms with E-state index in [1.54, 1.807) is 7.05 Å². The molecule has 3 rings (SSSR count). The van der Waals surface area contributed by atoms with Crippen LogP contribution in [-0.4, -0.2) is 72.0 Å². The molecule has 0 amide bonds. The van der Waals surface area contributed by atoms with Gasteiger partial charge in [0.25, 0.3) is 0 Å². The highest BCUT2D eigenvalue weighted by atomic mass is 32.2. The maximum Gasteiger partial charge on any atom is 0.236 e. The molecule has 0 atom stereocenters. The summed E-state index contributed by atoms with van der Waals surface area (Å²) in [5, 5.41) is 3.15. The van der Waals surface area contributed by atoms with E-state index in [9.17, 15) is 8.42 Å². The number of hydrogen-bond acceptors (Lipinski definition) is 4. The Morgan fingerprint density at radius 3 is 2.89 bits per heavy atom. The first kappa shape index (κ1) is 19.9. The summed E-state index contributed by atoms with van der Waals surface area (Å²) >= 11 is 0. The molecule has 0 spiro atoms. The molecule has 1 aromatic rings. The number of hydrogen-bond donors (Lipinski definition) is 1. The van der Waals surface area contributed by atoms with Crippen molar-refractivity contribution in [3.8, 4) is 0 Å². The Morgan fingerprint density at radius 1 is 1.37 bits per heavy atom. The lowest BCUT2D eigenvalue weighted by atomic mass is 10.2. The third-order valence-electron chi connectivity index (χ3n) is 5.02. The van der Waals surface area contributed by atoms with Gasteiger partial charge in [-0.05, 0) is 36.8 Å². The number of rotatable bonds is 9. The molecule has 1 fully saturated rings. The molecule has 7 nitrogen and oxygen atoms in total. The molecule has 8 heteroatoms. The molecular weight excluding hydrogens is 364 g/mol. The van der Waals surface area contributed by atoms with E-state index in [4.69, 9.17) is 4.74 Å². The summed E-state index contributed by atoms with van der Waals surface area (Å²) in [6, 6.07) is 7.70. The number of aliphatic imine (C=N–C) groups is 1. The van der Waals surface area contributed by atoms with Gasteiger partial charge < -0.3 is 15.0 Å². The maximum atomic E-state index is 12.7. The average Bonchev–Trinajstić information content (AvgIpc) is 3.37. The molecular formula is C19H30N4O3S. The van der Waals surface area contributed by atoms with Gasteiger partial charge in [-0.25, -0.2) is 8.42 Å². The number of nitrogens with zero attached hydrogens (tertiary/aromatic N) is 3. The lowest BCUT2D eigenvalue weighted by Gasteiger charge is -2.23. The van der Waals surface area contributed by atoms with Gasteiger partial charge in [0, 0.05) is 40.3 Å². The monoisotopic (exact) mass is 394 g/mol. The van der Waals surface area contributed by atoms with E-state index >= 15 is 0 Å². The smallest absolute Gasteiger partial charge is 0.236 e. The van der Waals surface area contributed by atoms with Crippen molar-refractivity contribution in [2.45, 2.75) is 19.3 Å². The summed E-state index contributed by atoms with van der Waals surface area (Å²) in [4.78, 5) is 6.20. The molecule has 0 bridgehead atoms. The van der Waals surface area contributed by atoms with Gasteiger partial charge in [-0.2, -0.15) is 0 Å². The number of benzene rings is 1. The van der Waals surface area contributed by atoms with Crippen LogP contribution in [0.1, 0.15) is 18.4 Å². The first-order valence-corrected chi connectivity index (χ1v) is 11.2. The summed E-state index contributed by atoms with van der Waals surface area (Å²) < 4.78 is 32.6. The molecule has 27 heavy (non-hydrogen) atoms. The third kappa shape index (κ3) is 5.35. The predicted molar refractivity (Wildman–Crippen MR) is 109 cm³/mol. The van der Waals surface area contributed by atoms with E-state index < -0.39 is 10.0 Å². The number of nitrogens with one attached hydrogen (secondary N) is 1. The van der Waals surface area contributed by atoms with Gasteiger partial charge in [-0.15, -0.1) is 0 Å². The van der Waals surface area contributed by atoms with Crippen molar-refractivity contribution in [1.82, 2.24) is 10.2 Å². The fourth-order valence-electron chi connectivity index (χ4n) is 3.23. The summed E-state index contributed by atoms with van der Waals surface area (Å²) in [5.41, 5.74) is 1.91. The second-order valence-electron chi connectivity index (χ2n) is 7.18. The van der Waals surface area contributed by atoms with E-state index in [0.717, 1.165) is 36.7 Å². The second-order valence-corrected chi connectivity index (χ2v) is 9.19. The molecule has 1 N–H and O–H groups in total. The Bertz CT molecular complexity index is 762. The number of guanidine groups is 1. The van der Waals surface area contributed by atoms with Crippen molar-refractivity contribution in [1.29, 1.82) is 0 Å². The van der Waals surface area contributed by atoms with E-state index in [1.165, 1.54) is 17.1 Å². The highest BCUT2D eigenvalue weighted by molar-refractivity contribution is 7.92. The first-order valence-electron chi connectivity index (χ1n) is 9.59. The minimum atomic E-state index is -3.35. The standard InChI is InChI=1S/C19H30N4O3S/c1-20-19(22(2)12-13-26-15-16-7-8-16)21-10-14-27(24,25)23-11-9-17-5-3-4-6-18(17)23/h3-6,16H,7-15H2,1-2H3,(H,20,21). The highest BCUT2D eigenvalue weighted by Crippen LogP contribution is 2.30. The van der Waals surface area contributed by atoms with Crippen LogP contribution in [0.5, 0.6) is 0 Å². The van der Waals surface area contributed by atoms with Crippen LogP contribution in [0, 0.1) is 5.92 Å². The van der Waals surface area contributed by atoms with E-state index in [2.05, 4.69) is 10.3 Å². The number of fused-ring (bicyclic) bond motifs is 1. The number of ether oxygens (including phenoxy) is 1. The van der Waals surface area contributed by atoms with Gasteiger partial charge in [0.15, 0.2) is 5.96 Å². The van der Waals surface area contributed by atoms with Crippen molar-refractivity contribution in [3.05, 3.63) is 29.8 Å². The SMILES string of the molecule is CN=C(NCCS(=O)(=O)N1CCc2ccccc21)N(C)CCOCC1CC1. The lowest BCUT2D eigenvalue weighted by Crippen LogP contribution is -2.43. The molecule has 0 radical (unpaired) electrons. The van der Waals surface area contributed by atoms with Crippen LogP contribution in [0.3, 0.4) is 0 Å². The van der Waals surface area contributed by atoms with Gasteiger partial charge >= 0.3 is 0 Å². The normalized spacial score (nSPS) is 17.1. The van der Waals surface area contributed by atoms with Gasteiger partial charge in [0.1, 0.15) is 0 Å². The molecule has 150 valence electrons. The van der Waals surface area contributed by atoms with E-state index in [1.807, 2.05) is 36.2 Å².